The van der Waals surface area contributed by atoms with Crippen LogP contribution in [-0.4, -0.2) is 5.97 Å². The van der Waals surface area contributed by atoms with Crippen molar-refractivity contribution in [2.24, 2.45) is 0 Å². The zero-order chi connectivity index (χ0) is 15.0. The number of fused-ring (bicyclic) bond motifs is 1. The maximum absolute atomic E-state index is 11.3. The summed E-state index contributed by atoms with van der Waals surface area (Å²) in [5.74, 6) is 0.410. The number of carbonyl (C=O) groups excluding carboxylic acids is 1. The molecule has 1 aromatic heterocycles. The largest absolute Gasteiger partial charge is 0.440 e. The minimum absolute atomic E-state index is 0.315. The zero-order valence-corrected chi connectivity index (χ0v) is 11.8. The molecule has 0 spiro atoms. The number of anilines is 1. The summed E-state index contributed by atoms with van der Waals surface area (Å²) in [5, 5.41) is 0.722. The van der Waals surface area contributed by atoms with Crippen molar-refractivity contribution in [1.29, 1.82) is 0 Å². The molecule has 4 heteroatoms. The predicted octanol–water partition coefficient (Wildman–Crippen LogP) is 3.92. The Morgan fingerprint density at radius 1 is 1.19 bits per heavy atom. The molecule has 0 amide bonds. The molecule has 0 aliphatic rings. The molecular weight excluding hydrogens is 266 g/mol. The van der Waals surface area contributed by atoms with E-state index in [1.54, 1.807) is 0 Å². The van der Waals surface area contributed by atoms with E-state index in [0.717, 1.165) is 22.1 Å². The molecule has 3 rings (SSSR count). The molecule has 4 nitrogen and oxygen atoms in total. The van der Waals surface area contributed by atoms with E-state index in [4.69, 9.17) is 14.9 Å². The highest BCUT2D eigenvalue weighted by Gasteiger charge is 2.19. The van der Waals surface area contributed by atoms with Crippen LogP contribution in [0.3, 0.4) is 0 Å². The van der Waals surface area contributed by atoms with Gasteiger partial charge in [-0.05, 0) is 30.2 Å². The molecule has 0 bridgehead atoms. The standard InChI is InChI=1S/C17H15NO3/c1-10-8-13(20-11(2)19)16-14(9-10)21-17(18)15(16)12-6-4-3-5-7-12/h3-9H,18H2,1-2H3. The van der Waals surface area contributed by atoms with Gasteiger partial charge in [-0.3, -0.25) is 4.79 Å². The Kier molecular flexibility index (Phi) is 3.14. The summed E-state index contributed by atoms with van der Waals surface area (Å²) in [6.07, 6.45) is 0. The molecule has 21 heavy (non-hydrogen) atoms. The normalized spacial score (nSPS) is 10.8. The lowest BCUT2D eigenvalue weighted by molar-refractivity contribution is -0.131. The van der Waals surface area contributed by atoms with Gasteiger partial charge in [0.25, 0.3) is 0 Å². The summed E-state index contributed by atoms with van der Waals surface area (Å²) in [5.41, 5.74) is 9.25. The van der Waals surface area contributed by atoms with Crippen LogP contribution >= 0.6 is 0 Å². The van der Waals surface area contributed by atoms with Gasteiger partial charge in [0.05, 0.1) is 10.9 Å². The molecule has 3 aromatic rings. The molecule has 0 aliphatic heterocycles. The van der Waals surface area contributed by atoms with Crippen molar-refractivity contribution < 1.29 is 13.9 Å². The van der Waals surface area contributed by atoms with Gasteiger partial charge in [-0.2, -0.15) is 0 Å². The quantitative estimate of drug-likeness (QED) is 0.571. The summed E-state index contributed by atoms with van der Waals surface area (Å²) in [6, 6.07) is 13.4. The van der Waals surface area contributed by atoms with Crippen molar-refractivity contribution >= 4 is 22.8 Å². The highest BCUT2D eigenvalue weighted by Crippen LogP contribution is 2.42. The highest BCUT2D eigenvalue weighted by atomic mass is 16.5. The SMILES string of the molecule is CC(=O)Oc1cc(C)cc2oc(N)c(-c3ccccc3)c12. The Morgan fingerprint density at radius 3 is 2.57 bits per heavy atom. The molecule has 0 radical (unpaired) electrons. The molecule has 0 unspecified atom stereocenters. The summed E-state index contributed by atoms with van der Waals surface area (Å²) in [6.45, 7) is 3.28. The maximum Gasteiger partial charge on any atom is 0.308 e. The number of nitrogen functional groups attached to an aromatic ring is 1. The van der Waals surface area contributed by atoms with E-state index in [1.165, 1.54) is 6.92 Å². The molecule has 106 valence electrons. The molecule has 0 saturated heterocycles. The van der Waals surface area contributed by atoms with E-state index >= 15 is 0 Å². The van der Waals surface area contributed by atoms with Gasteiger partial charge in [0.1, 0.15) is 11.3 Å². The number of ether oxygens (including phenoxy) is 1. The van der Waals surface area contributed by atoms with Gasteiger partial charge in [0, 0.05) is 6.92 Å². The van der Waals surface area contributed by atoms with Gasteiger partial charge < -0.3 is 14.9 Å². The van der Waals surface area contributed by atoms with Crippen molar-refractivity contribution in [3.05, 3.63) is 48.0 Å². The second kappa shape index (κ2) is 4.98. The van der Waals surface area contributed by atoms with Crippen molar-refractivity contribution in [2.75, 3.05) is 5.73 Å². The lowest BCUT2D eigenvalue weighted by atomic mass is 10.0. The highest BCUT2D eigenvalue weighted by molar-refractivity contribution is 6.04. The van der Waals surface area contributed by atoms with Crippen molar-refractivity contribution in [3.63, 3.8) is 0 Å². The molecule has 0 aliphatic carbocycles. The first-order chi connectivity index (χ1) is 10.1. The average molecular weight is 281 g/mol. The second-order valence-corrected chi connectivity index (χ2v) is 4.94. The fourth-order valence-electron chi connectivity index (χ4n) is 2.47. The molecular formula is C17H15NO3. The number of furan rings is 1. The number of esters is 1. The van der Waals surface area contributed by atoms with E-state index in [1.807, 2.05) is 49.4 Å². The van der Waals surface area contributed by atoms with Gasteiger partial charge in [-0.1, -0.05) is 30.3 Å². The zero-order valence-electron chi connectivity index (χ0n) is 11.8. The lowest BCUT2D eigenvalue weighted by Crippen LogP contribution is -2.02. The molecule has 2 N–H and O–H groups in total. The maximum atomic E-state index is 11.3. The van der Waals surface area contributed by atoms with Crippen LogP contribution < -0.4 is 10.5 Å². The van der Waals surface area contributed by atoms with Gasteiger partial charge in [0.2, 0.25) is 0 Å². The van der Waals surface area contributed by atoms with Crippen molar-refractivity contribution in [3.8, 4) is 16.9 Å². The summed E-state index contributed by atoms with van der Waals surface area (Å²) in [4.78, 5) is 11.3. The molecule has 1 heterocycles. The van der Waals surface area contributed by atoms with Crippen LogP contribution in [-0.2, 0) is 4.79 Å². The predicted molar refractivity (Wildman–Crippen MR) is 82.1 cm³/mol. The molecule has 0 fully saturated rings. The average Bonchev–Trinajstić information content (AvgIpc) is 2.75. The number of hydrogen-bond acceptors (Lipinski definition) is 4. The first-order valence-electron chi connectivity index (χ1n) is 6.62. The Balaban J connectivity index is 2.34. The Labute approximate surface area is 122 Å². The minimum atomic E-state index is -0.374. The third-order valence-electron chi connectivity index (χ3n) is 3.24. The van der Waals surface area contributed by atoms with Gasteiger partial charge in [-0.25, -0.2) is 0 Å². The molecule has 2 aromatic carbocycles. The number of benzene rings is 2. The topological polar surface area (TPSA) is 65.5 Å². The van der Waals surface area contributed by atoms with Gasteiger partial charge >= 0.3 is 5.97 Å². The second-order valence-electron chi connectivity index (χ2n) is 4.94. The van der Waals surface area contributed by atoms with Crippen molar-refractivity contribution in [2.45, 2.75) is 13.8 Å². The van der Waals surface area contributed by atoms with Gasteiger partial charge in [0.15, 0.2) is 5.88 Å². The van der Waals surface area contributed by atoms with Crippen LogP contribution in [0.25, 0.3) is 22.1 Å². The fraction of sp³-hybridized carbons (Fsp3) is 0.118. The number of carbonyl (C=O) groups is 1. The fourth-order valence-corrected chi connectivity index (χ4v) is 2.47. The van der Waals surface area contributed by atoms with E-state index in [-0.39, 0.29) is 5.97 Å². The van der Waals surface area contributed by atoms with Crippen LogP contribution in [0.5, 0.6) is 5.75 Å². The van der Waals surface area contributed by atoms with Crippen LogP contribution in [0.4, 0.5) is 5.88 Å². The minimum Gasteiger partial charge on any atom is -0.440 e. The third-order valence-corrected chi connectivity index (χ3v) is 3.24. The first kappa shape index (κ1) is 13.2. The first-order valence-corrected chi connectivity index (χ1v) is 6.62. The number of hydrogen-bond donors (Lipinski definition) is 1. The molecule has 0 atom stereocenters. The Morgan fingerprint density at radius 2 is 1.90 bits per heavy atom. The smallest absolute Gasteiger partial charge is 0.308 e. The van der Waals surface area contributed by atoms with Crippen molar-refractivity contribution in [1.82, 2.24) is 0 Å². The van der Waals surface area contributed by atoms with E-state index in [2.05, 4.69) is 0 Å². The Bertz CT molecular complexity index is 819. The van der Waals surface area contributed by atoms with E-state index in [0.29, 0.717) is 17.2 Å². The number of rotatable bonds is 2. The van der Waals surface area contributed by atoms with E-state index in [9.17, 15) is 4.79 Å². The lowest BCUT2D eigenvalue weighted by Gasteiger charge is -2.06. The van der Waals surface area contributed by atoms with E-state index < -0.39 is 0 Å². The number of nitrogens with two attached hydrogens (primary N) is 1. The van der Waals surface area contributed by atoms with Gasteiger partial charge in [-0.15, -0.1) is 0 Å². The summed E-state index contributed by atoms with van der Waals surface area (Å²) in [7, 11) is 0. The monoisotopic (exact) mass is 281 g/mol. The summed E-state index contributed by atoms with van der Waals surface area (Å²) < 4.78 is 11.0. The van der Waals surface area contributed by atoms with Crippen LogP contribution in [0.1, 0.15) is 12.5 Å². The third kappa shape index (κ3) is 2.36. The van der Waals surface area contributed by atoms with Crippen LogP contribution in [0.15, 0.2) is 46.9 Å². The van der Waals surface area contributed by atoms with Crippen LogP contribution in [0, 0.1) is 6.92 Å². The van der Waals surface area contributed by atoms with Crippen LogP contribution in [0.2, 0.25) is 0 Å². The summed E-state index contributed by atoms with van der Waals surface area (Å²) >= 11 is 0. The molecule has 0 saturated carbocycles. The Hall–Kier alpha value is -2.75. The number of aryl methyl sites for hydroxylation is 1.